The van der Waals surface area contributed by atoms with Crippen LogP contribution in [-0.4, -0.2) is 68.1 Å². The third kappa shape index (κ3) is 5.14. The van der Waals surface area contributed by atoms with E-state index in [1.54, 1.807) is 0 Å². The molecule has 0 amide bonds. The van der Waals surface area contributed by atoms with E-state index in [0.717, 1.165) is 38.9 Å². The Morgan fingerprint density at radius 2 is 1.67 bits per heavy atom. The van der Waals surface area contributed by atoms with Gasteiger partial charge < -0.3 is 9.46 Å². The summed E-state index contributed by atoms with van der Waals surface area (Å²) in [6.45, 7) is 13.9. The molecule has 0 radical (unpaired) electrons. The van der Waals surface area contributed by atoms with Crippen LogP contribution in [-0.2, 0) is 4.57 Å². The summed E-state index contributed by atoms with van der Waals surface area (Å²) in [6, 6.07) is 0.663. The molecule has 0 saturated carbocycles. The lowest BCUT2D eigenvalue weighted by molar-refractivity contribution is 0.113. The van der Waals surface area contributed by atoms with Gasteiger partial charge in [0.15, 0.2) is 0 Å². The minimum Gasteiger partial charge on any atom is -0.324 e. The van der Waals surface area contributed by atoms with Gasteiger partial charge in [0.25, 0.3) is 0 Å². The second-order valence-electron chi connectivity index (χ2n) is 5.27. The molecule has 0 aliphatic carbocycles. The smallest absolute Gasteiger partial charge is 0.0831 e. The number of nitrogens with zero attached hydrogens (tertiary/aromatic N) is 2. The predicted molar refractivity (Wildman–Crippen MR) is 67.5 cm³/mol. The highest BCUT2D eigenvalue weighted by Crippen LogP contribution is 2.35. The maximum Gasteiger partial charge on any atom is 0.0831 e. The average molecular weight is 232 g/mol. The van der Waals surface area contributed by atoms with Crippen LogP contribution in [0.2, 0.25) is 0 Å². The molecular weight excluding hydrogens is 207 g/mol. The minimum atomic E-state index is -1.82. The molecule has 0 aromatic rings. The van der Waals surface area contributed by atoms with E-state index in [2.05, 4.69) is 23.6 Å². The molecule has 0 aromatic carbocycles. The minimum absolute atomic E-state index is 0.663. The number of hydrogen-bond donors (Lipinski definition) is 0. The highest BCUT2D eigenvalue weighted by Gasteiger charge is 2.19. The Kier molecular flexibility index (Phi) is 4.82. The quantitative estimate of drug-likeness (QED) is 0.688. The third-order valence-electron chi connectivity index (χ3n) is 3.09. The first-order chi connectivity index (χ1) is 6.88. The van der Waals surface area contributed by atoms with Crippen molar-refractivity contribution >= 4 is 7.14 Å². The Bertz CT molecular complexity index is 229. The van der Waals surface area contributed by atoms with Gasteiger partial charge in [0, 0.05) is 44.9 Å². The lowest BCUT2D eigenvalue weighted by atomic mass is 10.2. The molecule has 90 valence electrons. The zero-order chi connectivity index (χ0) is 11.5. The molecule has 0 N–H and O–H groups in total. The molecule has 0 aromatic heterocycles. The van der Waals surface area contributed by atoms with Gasteiger partial charge in [-0.3, -0.25) is 4.90 Å². The molecule has 4 heteroatoms. The highest BCUT2D eigenvalue weighted by atomic mass is 31.2. The van der Waals surface area contributed by atoms with Crippen molar-refractivity contribution in [1.82, 2.24) is 9.80 Å². The summed E-state index contributed by atoms with van der Waals surface area (Å²) in [5.41, 5.74) is 0. The van der Waals surface area contributed by atoms with E-state index < -0.39 is 7.14 Å². The molecular formula is C11H25N2OP. The topological polar surface area (TPSA) is 23.6 Å². The van der Waals surface area contributed by atoms with Crippen LogP contribution in [0.1, 0.15) is 13.8 Å². The molecule has 1 rings (SSSR count). The normalized spacial score (nSPS) is 21.1. The van der Waals surface area contributed by atoms with Gasteiger partial charge in [0.05, 0.1) is 7.14 Å². The van der Waals surface area contributed by atoms with Crippen LogP contribution >= 0.6 is 7.14 Å². The van der Waals surface area contributed by atoms with E-state index in [4.69, 9.17) is 0 Å². The average Bonchev–Trinajstić information content (AvgIpc) is 2.14. The Hall–Kier alpha value is 0.150. The maximum absolute atomic E-state index is 11.6. The summed E-state index contributed by atoms with van der Waals surface area (Å²) < 4.78 is 11.6. The van der Waals surface area contributed by atoms with Crippen LogP contribution < -0.4 is 0 Å². The molecule has 1 saturated heterocycles. The first-order valence-corrected chi connectivity index (χ1v) is 8.67. The molecule has 0 atom stereocenters. The van der Waals surface area contributed by atoms with Gasteiger partial charge in [-0.2, -0.15) is 0 Å². The van der Waals surface area contributed by atoms with Gasteiger partial charge in [-0.1, -0.05) is 0 Å². The van der Waals surface area contributed by atoms with Crippen molar-refractivity contribution in [2.75, 3.05) is 52.2 Å². The fraction of sp³-hybridized carbons (Fsp3) is 1.00. The van der Waals surface area contributed by atoms with Crippen LogP contribution in [0.4, 0.5) is 0 Å². The molecule has 1 fully saturated rings. The first kappa shape index (κ1) is 13.2. The van der Waals surface area contributed by atoms with Gasteiger partial charge in [0.2, 0.25) is 0 Å². The van der Waals surface area contributed by atoms with Crippen LogP contribution in [0.15, 0.2) is 0 Å². The van der Waals surface area contributed by atoms with Gasteiger partial charge in [0.1, 0.15) is 0 Å². The Morgan fingerprint density at radius 1 is 1.13 bits per heavy atom. The van der Waals surface area contributed by atoms with E-state index >= 15 is 0 Å². The molecule has 1 aliphatic heterocycles. The Morgan fingerprint density at radius 3 is 2.07 bits per heavy atom. The molecule has 0 spiro atoms. The van der Waals surface area contributed by atoms with Crippen molar-refractivity contribution in [1.29, 1.82) is 0 Å². The van der Waals surface area contributed by atoms with E-state index in [1.165, 1.54) is 0 Å². The molecule has 0 bridgehead atoms. The van der Waals surface area contributed by atoms with Gasteiger partial charge >= 0.3 is 0 Å². The highest BCUT2D eigenvalue weighted by molar-refractivity contribution is 7.62. The van der Waals surface area contributed by atoms with Crippen molar-refractivity contribution in [3.63, 3.8) is 0 Å². The molecule has 3 nitrogen and oxygen atoms in total. The zero-order valence-corrected chi connectivity index (χ0v) is 11.5. The lowest BCUT2D eigenvalue weighted by Crippen LogP contribution is -2.49. The van der Waals surface area contributed by atoms with Gasteiger partial charge in [-0.05, 0) is 27.2 Å². The fourth-order valence-electron chi connectivity index (χ4n) is 1.89. The Balaban J connectivity index is 2.23. The van der Waals surface area contributed by atoms with Crippen molar-refractivity contribution in [2.24, 2.45) is 0 Å². The van der Waals surface area contributed by atoms with E-state index in [-0.39, 0.29) is 0 Å². The standard InChI is InChI=1S/C11H25N2OP/c1-11(2)13-7-5-12(6-8-13)9-10-15(3,4)14/h11H,5-10H2,1-4H3. The molecule has 1 aliphatic rings. The predicted octanol–water partition coefficient (Wildman–Crippen LogP) is 1.64. The van der Waals surface area contributed by atoms with E-state index in [9.17, 15) is 4.57 Å². The summed E-state index contributed by atoms with van der Waals surface area (Å²) in [5.74, 6) is 0. The summed E-state index contributed by atoms with van der Waals surface area (Å²) in [5, 5.41) is 0. The zero-order valence-electron chi connectivity index (χ0n) is 10.6. The van der Waals surface area contributed by atoms with Crippen molar-refractivity contribution < 1.29 is 4.57 Å². The van der Waals surface area contributed by atoms with Crippen LogP contribution in [0.25, 0.3) is 0 Å². The van der Waals surface area contributed by atoms with Crippen molar-refractivity contribution in [3.05, 3.63) is 0 Å². The third-order valence-corrected chi connectivity index (χ3v) is 4.37. The van der Waals surface area contributed by atoms with Crippen molar-refractivity contribution in [2.45, 2.75) is 19.9 Å². The molecule has 1 heterocycles. The number of piperazine rings is 1. The van der Waals surface area contributed by atoms with Crippen molar-refractivity contribution in [3.8, 4) is 0 Å². The number of rotatable bonds is 4. The summed E-state index contributed by atoms with van der Waals surface area (Å²) in [4.78, 5) is 4.95. The lowest BCUT2D eigenvalue weighted by Gasteiger charge is -2.37. The summed E-state index contributed by atoms with van der Waals surface area (Å²) in [6.07, 6.45) is 0.870. The second kappa shape index (κ2) is 5.47. The fourth-order valence-corrected chi connectivity index (χ4v) is 2.65. The summed E-state index contributed by atoms with van der Waals surface area (Å²) in [7, 11) is -1.82. The van der Waals surface area contributed by atoms with Gasteiger partial charge in [-0.15, -0.1) is 0 Å². The van der Waals surface area contributed by atoms with Gasteiger partial charge in [-0.25, -0.2) is 0 Å². The van der Waals surface area contributed by atoms with Crippen LogP contribution in [0, 0.1) is 0 Å². The largest absolute Gasteiger partial charge is 0.324 e. The van der Waals surface area contributed by atoms with E-state index in [0.29, 0.717) is 6.04 Å². The monoisotopic (exact) mass is 232 g/mol. The van der Waals surface area contributed by atoms with Crippen LogP contribution in [0.3, 0.4) is 0 Å². The maximum atomic E-state index is 11.6. The molecule has 0 unspecified atom stereocenters. The first-order valence-electron chi connectivity index (χ1n) is 5.89. The SMILES string of the molecule is CC(C)N1CCN(CCP(C)(C)=O)CC1. The molecule has 15 heavy (non-hydrogen) atoms. The number of hydrogen-bond acceptors (Lipinski definition) is 3. The van der Waals surface area contributed by atoms with E-state index in [1.807, 2.05) is 13.3 Å². The summed E-state index contributed by atoms with van der Waals surface area (Å²) >= 11 is 0. The van der Waals surface area contributed by atoms with Crippen LogP contribution in [0.5, 0.6) is 0 Å². The Labute approximate surface area is 94.2 Å². The second-order valence-corrected chi connectivity index (χ2v) is 8.86.